The van der Waals surface area contributed by atoms with Crippen molar-refractivity contribution < 1.29 is 14.4 Å². The second kappa shape index (κ2) is 7.68. The van der Waals surface area contributed by atoms with Gasteiger partial charge in [0.05, 0.1) is 23.1 Å². The lowest BCUT2D eigenvalue weighted by Gasteiger charge is -2.41. The molecule has 1 atom stereocenters. The van der Waals surface area contributed by atoms with E-state index in [0.29, 0.717) is 35.5 Å². The zero-order valence-electron chi connectivity index (χ0n) is 16.7. The standard InChI is InChI=1S/C24H20N4O3/c29-21(26-16-7-5-13-25-15-16)12-6-14-27-22-17-8-1-2-9-18(17)24(31)28(22)20-11-4-3-10-19(20)23(27)30/h1-5,7-11,13,15,22H,6,12,14H2,(H,26,29)/t22-/m1/s1. The number of hydrogen-bond acceptors (Lipinski definition) is 4. The van der Waals surface area contributed by atoms with Gasteiger partial charge in [0.1, 0.15) is 6.17 Å². The van der Waals surface area contributed by atoms with Crippen molar-refractivity contribution >= 4 is 29.1 Å². The van der Waals surface area contributed by atoms with E-state index in [1.165, 1.54) is 0 Å². The number of nitrogens with one attached hydrogen (secondary N) is 1. The Balaban J connectivity index is 1.38. The fourth-order valence-electron chi connectivity index (χ4n) is 4.27. The first-order valence-corrected chi connectivity index (χ1v) is 10.2. The van der Waals surface area contributed by atoms with E-state index >= 15 is 0 Å². The SMILES string of the molecule is O=C(CCCN1C(=O)c2ccccc2N2C(=O)c3ccccc3[C@H]12)Nc1cccnc1. The van der Waals surface area contributed by atoms with E-state index in [4.69, 9.17) is 0 Å². The number of carbonyl (C=O) groups excluding carboxylic acids is 3. The van der Waals surface area contributed by atoms with Crippen molar-refractivity contribution in [2.45, 2.75) is 19.0 Å². The highest BCUT2D eigenvalue weighted by atomic mass is 16.2. The predicted octanol–water partition coefficient (Wildman–Crippen LogP) is 3.62. The van der Waals surface area contributed by atoms with E-state index < -0.39 is 6.17 Å². The van der Waals surface area contributed by atoms with Crippen LogP contribution < -0.4 is 10.2 Å². The van der Waals surface area contributed by atoms with Crippen LogP contribution >= 0.6 is 0 Å². The number of rotatable bonds is 5. The Labute approximate surface area is 179 Å². The molecule has 0 spiro atoms. The molecule has 0 aliphatic carbocycles. The van der Waals surface area contributed by atoms with Gasteiger partial charge in [0.2, 0.25) is 5.91 Å². The third kappa shape index (κ3) is 3.24. The van der Waals surface area contributed by atoms with Gasteiger partial charge in [-0.3, -0.25) is 24.3 Å². The van der Waals surface area contributed by atoms with Gasteiger partial charge in [0.25, 0.3) is 11.8 Å². The highest BCUT2D eigenvalue weighted by Gasteiger charge is 2.47. The lowest BCUT2D eigenvalue weighted by Crippen LogP contribution is -2.48. The van der Waals surface area contributed by atoms with Gasteiger partial charge in [-0.15, -0.1) is 0 Å². The summed E-state index contributed by atoms with van der Waals surface area (Å²) in [5.41, 5.74) is 3.19. The van der Waals surface area contributed by atoms with E-state index in [9.17, 15) is 14.4 Å². The van der Waals surface area contributed by atoms with E-state index in [0.717, 1.165) is 5.56 Å². The highest BCUT2D eigenvalue weighted by Crippen LogP contribution is 2.45. The summed E-state index contributed by atoms with van der Waals surface area (Å²) in [6, 6.07) is 18.1. The molecule has 0 saturated heterocycles. The topological polar surface area (TPSA) is 82.6 Å². The van der Waals surface area contributed by atoms with Gasteiger partial charge in [-0.05, 0) is 36.8 Å². The van der Waals surface area contributed by atoms with Crippen LogP contribution in [0.5, 0.6) is 0 Å². The summed E-state index contributed by atoms with van der Waals surface area (Å²) in [6.45, 7) is 0.358. The molecule has 2 aliphatic rings. The molecular weight excluding hydrogens is 392 g/mol. The van der Waals surface area contributed by atoms with Crippen molar-refractivity contribution in [1.29, 1.82) is 0 Å². The number of aromatic nitrogens is 1. The second-order valence-electron chi connectivity index (χ2n) is 7.55. The molecule has 1 N–H and O–H groups in total. The molecule has 2 aromatic carbocycles. The first kappa shape index (κ1) is 19.0. The predicted molar refractivity (Wildman–Crippen MR) is 116 cm³/mol. The van der Waals surface area contributed by atoms with Gasteiger partial charge in [-0.2, -0.15) is 0 Å². The summed E-state index contributed by atoms with van der Waals surface area (Å²) >= 11 is 0. The Morgan fingerprint density at radius 2 is 1.71 bits per heavy atom. The molecule has 7 heteroatoms. The van der Waals surface area contributed by atoms with Gasteiger partial charge in [0.15, 0.2) is 0 Å². The fraction of sp³-hybridized carbons (Fsp3) is 0.167. The van der Waals surface area contributed by atoms with E-state index in [1.54, 1.807) is 52.5 Å². The first-order valence-electron chi connectivity index (χ1n) is 10.2. The number of anilines is 2. The number of para-hydroxylation sites is 1. The summed E-state index contributed by atoms with van der Waals surface area (Å²) in [7, 11) is 0. The fourth-order valence-corrected chi connectivity index (χ4v) is 4.27. The summed E-state index contributed by atoms with van der Waals surface area (Å²) < 4.78 is 0. The smallest absolute Gasteiger partial charge is 0.260 e. The molecule has 3 aromatic rings. The number of nitrogens with zero attached hydrogens (tertiary/aromatic N) is 3. The zero-order valence-corrected chi connectivity index (χ0v) is 16.7. The van der Waals surface area contributed by atoms with Crippen LogP contribution in [0.15, 0.2) is 73.1 Å². The Morgan fingerprint density at radius 1 is 0.935 bits per heavy atom. The minimum atomic E-state index is -0.493. The molecule has 0 saturated carbocycles. The summed E-state index contributed by atoms with van der Waals surface area (Å²) in [6.07, 6.45) is 3.46. The van der Waals surface area contributed by atoms with Gasteiger partial charge in [-0.25, -0.2) is 0 Å². The number of fused-ring (bicyclic) bond motifs is 5. The number of hydrogen-bond donors (Lipinski definition) is 1. The van der Waals surface area contributed by atoms with Crippen LogP contribution in [0.2, 0.25) is 0 Å². The minimum Gasteiger partial charge on any atom is -0.325 e. The molecule has 5 rings (SSSR count). The lowest BCUT2D eigenvalue weighted by atomic mass is 10.0. The molecule has 3 heterocycles. The molecule has 3 amide bonds. The Morgan fingerprint density at radius 3 is 2.52 bits per heavy atom. The van der Waals surface area contributed by atoms with Crippen LogP contribution in [-0.2, 0) is 4.79 Å². The van der Waals surface area contributed by atoms with E-state index in [2.05, 4.69) is 10.3 Å². The van der Waals surface area contributed by atoms with Gasteiger partial charge in [-0.1, -0.05) is 30.3 Å². The third-order valence-electron chi connectivity index (χ3n) is 5.63. The molecule has 2 aliphatic heterocycles. The van der Waals surface area contributed by atoms with Crippen LogP contribution in [0.25, 0.3) is 0 Å². The molecule has 0 fully saturated rings. The van der Waals surface area contributed by atoms with Crippen LogP contribution in [0.4, 0.5) is 11.4 Å². The highest BCUT2D eigenvalue weighted by molar-refractivity contribution is 6.16. The summed E-state index contributed by atoms with van der Waals surface area (Å²) in [5.74, 6) is -0.383. The van der Waals surface area contributed by atoms with Gasteiger partial charge >= 0.3 is 0 Å². The largest absolute Gasteiger partial charge is 0.325 e. The van der Waals surface area contributed by atoms with Gasteiger partial charge in [0, 0.05) is 30.3 Å². The Hall–Kier alpha value is -4.00. The van der Waals surface area contributed by atoms with Crippen molar-refractivity contribution in [3.63, 3.8) is 0 Å². The maximum Gasteiger partial charge on any atom is 0.260 e. The van der Waals surface area contributed by atoms with Crippen molar-refractivity contribution in [2.24, 2.45) is 0 Å². The number of amides is 3. The summed E-state index contributed by atoms with van der Waals surface area (Å²) in [4.78, 5) is 46.1. The molecule has 0 radical (unpaired) electrons. The molecule has 7 nitrogen and oxygen atoms in total. The average molecular weight is 412 g/mol. The van der Waals surface area contributed by atoms with Crippen molar-refractivity contribution in [1.82, 2.24) is 9.88 Å². The number of pyridine rings is 1. The first-order chi connectivity index (χ1) is 15.1. The third-order valence-corrected chi connectivity index (χ3v) is 5.63. The average Bonchev–Trinajstić information content (AvgIpc) is 3.09. The maximum absolute atomic E-state index is 13.3. The Bertz CT molecular complexity index is 1180. The monoisotopic (exact) mass is 412 g/mol. The van der Waals surface area contributed by atoms with Crippen LogP contribution in [0, 0.1) is 0 Å². The van der Waals surface area contributed by atoms with Crippen molar-refractivity contribution in [3.8, 4) is 0 Å². The van der Waals surface area contributed by atoms with Crippen LogP contribution in [0.3, 0.4) is 0 Å². The zero-order chi connectivity index (χ0) is 21.4. The van der Waals surface area contributed by atoms with Crippen LogP contribution in [-0.4, -0.2) is 34.2 Å². The second-order valence-corrected chi connectivity index (χ2v) is 7.55. The molecule has 154 valence electrons. The normalized spacial score (nSPS) is 16.6. The maximum atomic E-state index is 13.3. The number of benzene rings is 2. The number of carbonyl (C=O) groups is 3. The van der Waals surface area contributed by atoms with Gasteiger partial charge < -0.3 is 10.2 Å². The molecule has 1 aromatic heterocycles. The minimum absolute atomic E-state index is 0.111. The van der Waals surface area contributed by atoms with Crippen LogP contribution in [0.1, 0.15) is 45.3 Å². The molecule has 0 bridgehead atoms. The lowest BCUT2D eigenvalue weighted by molar-refractivity contribution is -0.116. The van der Waals surface area contributed by atoms with Crippen molar-refractivity contribution in [3.05, 3.63) is 89.7 Å². The Kier molecular flexibility index (Phi) is 4.71. The summed E-state index contributed by atoms with van der Waals surface area (Å²) in [5, 5.41) is 2.81. The van der Waals surface area contributed by atoms with E-state index in [-0.39, 0.29) is 24.1 Å². The molecular formula is C24H20N4O3. The molecule has 0 unspecified atom stereocenters. The van der Waals surface area contributed by atoms with Crippen molar-refractivity contribution in [2.75, 3.05) is 16.8 Å². The molecule has 31 heavy (non-hydrogen) atoms. The van der Waals surface area contributed by atoms with E-state index in [1.807, 2.05) is 30.3 Å². The quantitative estimate of drug-likeness (QED) is 0.694.